The molecule has 1 amide bonds. The maximum atomic E-state index is 11.7. The van der Waals surface area contributed by atoms with Crippen LogP contribution in [-0.2, 0) is 11.3 Å². The van der Waals surface area contributed by atoms with Crippen LogP contribution < -0.4 is 5.32 Å². The van der Waals surface area contributed by atoms with E-state index in [-0.39, 0.29) is 23.7 Å². The Hall–Kier alpha value is -2.97. The quantitative estimate of drug-likeness (QED) is 0.471. The van der Waals surface area contributed by atoms with E-state index < -0.39 is 10.8 Å². The molecule has 1 heterocycles. The van der Waals surface area contributed by atoms with Crippen molar-refractivity contribution < 1.29 is 14.8 Å². The maximum Gasteiger partial charge on any atom is 0.296 e. The van der Waals surface area contributed by atoms with Crippen LogP contribution in [0.3, 0.4) is 0 Å². The molecule has 9 heteroatoms. The van der Waals surface area contributed by atoms with Gasteiger partial charge >= 0.3 is 0 Å². The van der Waals surface area contributed by atoms with Crippen molar-refractivity contribution in [2.24, 2.45) is 0 Å². The number of nitro benzene ring substituents is 1. The number of amides is 1. The first-order chi connectivity index (χ1) is 9.08. The SMILES string of the molecule is O=C(Cn1cncn1)Nc1c(O)cccc1[N+](=O)[O-]. The Bertz CT molecular complexity index is 610. The van der Waals surface area contributed by atoms with Gasteiger partial charge in [-0.2, -0.15) is 5.10 Å². The number of rotatable bonds is 4. The minimum atomic E-state index is -0.690. The fourth-order valence-corrected chi connectivity index (χ4v) is 1.45. The zero-order valence-corrected chi connectivity index (χ0v) is 9.55. The van der Waals surface area contributed by atoms with Crippen LogP contribution in [0.15, 0.2) is 30.9 Å². The summed E-state index contributed by atoms with van der Waals surface area (Å²) >= 11 is 0. The molecule has 0 aliphatic heterocycles. The van der Waals surface area contributed by atoms with Crippen molar-refractivity contribution in [1.82, 2.24) is 14.8 Å². The Morgan fingerprint density at radius 2 is 2.32 bits per heavy atom. The topological polar surface area (TPSA) is 123 Å². The number of nitrogens with one attached hydrogen (secondary N) is 1. The van der Waals surface area contributed by atoms with Gasteiger partial charge in [0.05, 0.1) is 4.92 Å². The van der Waals surface area contributed by atoms with Crippen LogP contribution in [0.25, 0.3) is 0 Å². The first-order valence-electron chi connectivity index (χ1n) is 5.16. The highest BCUT2D eigenvalue weighted by Gasteiger charge is 2.19. The molecule has 2 N–H and O–H groups in total. The second-order valence-electron chi connectivity index (χ2n) is 3.57. The van der Waals surface area contributed by atoms with Gasteiger partial charge in [-0.25, -0.2) is 9.67 Å². The third-order valence-corrected chi connectivity index (χ3v) is 2.25. The molecule has 2 aromatic rings. The highest BCUT2D eigenvalue weighted by Crippen LogP contribution is 2.32. The minimum Gasteiger partial charge on any atom is -0.505 e. The van der Waals surface area contributed by atoms with Crippen LogP contribution in [-0.4, -0.2) is 30.7 Å². The number of anilines is 1. The number of nitro groups is 1. The second kappa shape index (κ2) is 5.12. The lowest BCUT2D eigenvalue weighted by molar-refractivity contribution is -0.384. The molecule has 1 aromatic heterocycles. The molecule has 19 heavy (non-hydrogen) atoms. The van der Waals surface area contributed by atoms with E-state index in [0.29, 0.717) is 0 Å². The summed E-state index contributed by atoms with van der Waals surface area (Å²) in [5, 5.41) is 26.4. The van der Waals surface area contributed by atoms with E-state index in [4.69, 9.17) is 0 Å². The molecule has 0 bridgehead atoms. The smallest absolute Gasteiger partial charge is 0.296 e. The molecule has 0 saturated carbocycles. The van der Waals surface area contributed by atoms with Crippen molar-refractivity contribution in [2.45, 2.75) is 6.54 Å². The Morgan fingerprint density at radius 1 is 1.53 bits per heavy atom. The van der Waals surface area contributed by atoms with E-state index in [1.807, 2.05) is 0 Å². The van der Waals surface area contributed by atoms with Crippen molar-refractivity contribution in [1.29, 1.82) is 0 Å². The lowest BCUT2D eigenvalue weighted by Crippen LogP contribution is -2.19. The van der Waals surface area contributed by atoms with E-state index in [1.165, 1.54) is 35.5 Å². The van der Waals surface area contributed by atoms with E-state index in [9.17, 15) is 20.0 Å². The first kappa shape index (κ1) is 12.5. The standard InChI is InChI=1S/C10H9N5O4/c16-8-3-1-2-7(15(18)19)10(8)13-9(17)4-14-6-11-5-12-14/h1-3,5-6,16H,4H2,(H,13,17). The maximum absolute atomic E-state index is 11.7. The van der Waals surface area contributed by atoms with Crippen LogP contribution in [0.2, 0.25) is 0 Å². The van der Waals surface area contributed by atoms with Gasteiger partial charge in [0.1, 0.15) is 24.9 Å². The van der Waals surface area contributed by atoms with Gasteiger partial charge in [0.15, 0.2) is 5.69 Å². The van der Waals surface area contributed by atoms with E-state index in [2.05, 4.69) is 15.4 Å². The van der Waals surface area contributed by atoms with Crippen LogP contribution in [0.1, 0.15) is 0 Å². The first-order valence-corrected chi connectivity index (χ1v) is 5.16. The van der Waals surface area contributed by atoms with Gasteiger partial charge in [0.2, 0.25) is 5.91 Å². The molecule has 0 spiro atoms. The number of hydrogen-bond donors (Lipinski definition) is 2. The summed E-state index contributed by atoms with van der Waals surface area (Å²) in [5.41, 5.74) is -0.621. The number of aromatic hydroxyl groups is 1. The highest BCUT2D eigenvalue weighted by molar-refractivity contribution is 5.94. The Balaban J connectivity index is 2.19. The average Bonchev–Trinajstić information content (AvgIpc) is 2.84. The van der Waals surface area contributed by atoms with Gasteiger partial charge in [-0.1, -0.05) is 6.07 Å². The Labute approximate surface area is 106 Å². The summed E-state index contributed by atoms with van der Waals surface area (Å²) in [6, 6.07) is 3.75. The highest BCUT2D eigenvalue weighted by atomic mass is 16.6. The largest absolute Gasteiger partial charge is 0.505 e. The normalized spacial score (nSPS) is 10.1. The Morgan fingerprint density at radius 3 is 2.95 bits per heavy atom. The van der Waals surface area contributed by atoms with Crippen molar-refractivity contribution in [2.75, 3.05) is 5.32 Å². The molecule has 0 aliphatic carbocycles. The monoisotopic (exact) mass is 263 g/mol. The molecule has 0 atom stereocenters. The number of aromatic nitrogens is 3. The van der Waals surface area contributed by atoms with Gasteiger partial charge < -0.3 is 10.4 Å². The molecule has 0 radical (unpaired) electrons. The molecular formula is C10H9N5O4. The second-order valence-corrected chi connectivity index (χ2v) is 3.57. The van der Waals surface area contributed by atoms with Gasteiger partial charge in [-0.3, -0.25) is 14.9 Å². The average molecular weight is 263 g/mol. The van der Waals surface area contributed by atoms with Crippen molar-refractivity contribution in [3.8, 4) is 5.75 Å². The van der Waals surface area contributed by atoms with Gasteiger partial charge in [0, 0.05) is 6.07 Å². The molecular weight excluding hydrogens is 254 g/mol. The van der Waals surface area contributed by atoms with E-state index >= 15 is 0 Å². The Kier molecular flexibility index (Phi) is 3.37. The van der Waals surface area contributed by atoms with Gasteiger partial charge in [0.25, 0.3) is 5.69 Å². The molecule has 2 rings (SSSR count). The van der Waals surface area contributed by atoms with Gasteiger partial charge in [-0.05, 0) is 6.07 Å². The van der Waals surface area contributed by atoms with E-state index in [1.54, 1.807) is 0 Å². The summed E-state index contributed by atoms with van der Waals surface area (Å²) in [5.74, 6) is -0.934. The molecule has 9 nitrogen and oxygen atoms in total. The zero-order chi connectivity index (χ0) is 13.8. The summed E-state index contributed by atoms with van der Waals surface area (Å²) in [6.45, 7) is -0.161. The molecule has 98 valence electrons. The molecule has 0 unspecified atom stereocenters. The summed E-state index contributed by atoms with van der Waals surface area (Å²) in [4.78, 5) is 25.4. The lowest BCUT2D eigenvalue weighted by atomic mass is 10.2. The predicted octanol–water partition coefficient (Wildman–Crippen LogP) is 0.531. The fraction of sp³-hybridized carbons (Fsp3) is 0.100. The lowest BCUT2D eigenvalue weighted by Gasteiger charge is -2.07. The number of phenols is 1. The number of para-hydroxylation sites is 1. The number of benzene rings is 1. The van der Waals surface area contributed by atoms with Crippen molar-refractivity contribution >= 4 is 17.3 Å². The summed E-state index contributed by atoms with van der Waals surface area (Å²) in [7, 11) is 0. The minimum absolute atomic E-state index is 0.161. The van der Waals surface area contributed by atoms with Gasteiger partial charge in [-0.15, -0.1) is 0 Å². The van der Waals surface area contributed by atoms with Crippen molar-refractivity contribution in [3.05, 3.63) is 41.0 Å². The third-order valence-electron chi connectivity index (χ3n) is 2.25. The summed E-state index contributed by atoms with van der Waals surface area (Å²) in [6.07, 6.45) is 2.59. The number of hydrogen-bond acceptors (Lipinski definition) is 6. The third kappa shape index (κ3) is 2.83. The summed E-state index contributed by atoms with van der Waals surface area (Å²) < 4.78 is 1.25. The van der Waals surface area contributed by atoms with Crippen molar-refractivity contribution in [3.63, 3.8) is 0 Å². The van der Waals surface area contributed by atoms with Crippen LogP contribution in [0.5, 0.6) is 5.75 Å². The number of phenolic OH excluding ortho intramolecular Hbond substituents is 1. The van der Waals surface area contributed by atoms with E-state index in [0.717, 1.165) is 0 Å². The fourth-order valence-electron chi connectivity index (χ4n) is 1.45. The molecule has 1 aromatic carbocycles. The molecule has 0 fully saturated rings. The molecule has 0 saturated heterocycles. The van der Waals surface area contributed by atoms with Crippen LogP contribution in [0.4, 0.5) is 11.4 Å². The van der Waals surface area contributed by atoms with Crippen LogP contribution >= 0.6 is 0 Å². The van der Waals surface area contributed by atoms with Crippen LogP contribution in [0, 0.1) is 10.1 Å². The predicted molar refractivity (Wildman–Crippen MR) is 63.4 cm³/mol. The number of carbonyl (C=O) groups is 1. The number of nitrogens with zero attached hydrogens (tertiary/aromatic N) is 4. The number of carbonyl (C=O) groups excluding carboxylic acids is 1. The zero-order valence-electron chi connectivity index (χ0n) is 9.55. The molecule has 0 aliphatic rings.